The zero-order valence-corrected chi connectivity index (χ0v) is 18.4. The van der Waals surface area contributed by atoms with Crippen molar-refractivity contribution in [2.75, 3.05) is 10.7 Å². The minimum absolute atomic E-state index is 0.242. The molecule has 3 aromatic carbocycles. The molecular formula is C23H16Cl2N4OS. The Morgan fingerprint density at radius 2 is 1.55 bits per heavy atom. The lowest BCUT2D eigenvalue weighted by atomic mass is 10.1. The number of amides is 1. The van der Waals surface area contributed by atoms with Crippen LogP contribution in [0.15, 0.2) is 84.0 Å². The molecule has 5 nitrogen and oxygen atoms in total. The average molecular weight is 467 g/mol. The Labute approximate surface area is 193 Å². The van der Waals surface area contributed by atoms with Gasteiger partial charge in [0.05, 0.1) is 6.21 Å². The molecule has 0 saturated heterocycles. The summed E-state index contributed by atoms with van der Waals surface area (Å²) in [5.74, 6) is -0.242. The maximum Gasteiger partial charge on any atom is 0.256 e. The summed E-state index contributed by atoms with van der Waals surface area (Å²) in [6.07, 6.45) is 1.67. The number of hydrazone groups is 1. The number of nitrogens with zero attached hydrogens (tertiary/aromatic N) is 2. The van der Waals surface area contributed by atoms with Crippen molar-refractivity contribution in [1.82, 2.24) is 4.98 Å². The molecule has 0 aliphatic carbocycles. The first-order valence-corrected chi connectivity index (χ1v) is 10.8. The van der Waals surface area contributed by atoms with Crippen LogP contribution in [0.1, 0.15) is 15.9 Å². The van der Waals surface area contributed by atoms with Crippen molar-refractivity contribution in [3.8, 4) is 11.3 Å². The topological polar surface area (TPSA) is 66.4 Å². The Morgan fingerprint density at radius 3 is 2.23 bits per heavy atom. The van der Waals surface area contributed by atoms with Gasteiger partial charge in [0, 0.05) is 21.2 Å². The molecule has 0 unspecified atom stereocenters. The molecular weight excluding hydrogens is 451 g/mol. The Bertz CT molecular complexity index is 1210. The second kappa shape index (κ2) is 9.75. The van der Waals surface area contributed by atoms with Gasteiger partial charge in [0.25, 0.3) is 5.91 Å². The second-order valence-corrected chi connectivity index (χ2v) is 8.32. The number of rotatable bonds is 6. The normalized spacial score (nSPS) is 10.9. The number of nitrogens with one attached hydrogen (secondary N) is 2. The molecule has 1 heterocycles. The number of hydrogen-bond acceptors (Lipinski definition) is 5. The number of benzene rings is 3. The van der Waals surface area contributed by atoms with Gasteiger partial charge in [0.2, 0.25) is 5.13 Å². The van der Waals surface area contributed by atoms with Crippen molar-refractivity contribution in [3.05, 3.63) is 100 Å². The van der Waals surface area contributed by atoms with Gasteiger partial charge >= 0.3 is 0 Å². The van der Waals surface area contributed by atoms with E-state index in [1.165, 1.54) is 11.3 Å². The molecule has 4 aromatic rings. The summed E-state index contributed by atoms with van der Waals surface area (Å²) in [7, 11) is 0. The fourth-order valence-electron chi connectivity index (χ4n) is 2.73. The average Bonchev–Trinajstić information content (AvgIpc) is 3.18. The van der Waals surface area contributed by atoms with Crippen LogP contribution in [0.4, 0.5) is 10.1 Å². The summed E-state index contributed by atoms with van der Waals surface area (Å²) in [5, 5.41) is 9.60. The monoisotopic (exact) mass is 466 g/mol. The minimum atomic E-state index is -0.242. The van der Waals surface area contributed by atoms with Gasteiger partial charge in [0.1, 0.15) is 10.7 Å². The minimum Gasteiger partial charge on any atom is -0.312 e. The molecule has 154 valence electrons. The van der Waals surface area contributed by atoms with Crippen LogP contribution in [-0.2, 0) is 0 Å². The van der Waals surface area contributed by atoms with Crippen LogP contribution in [0.5, 0.6) is 0 Å². The van der Waals surface area contributed by atoms with E-state index < -0.39 is 0 Å². The molecule has 0 radical (unpaired) electrons. The number of carbonyl (C=O) groups excluding carboxylic acids is 1. The predicted molar refractivity (Wildman–Crippen MR) is 130 cm³/mol. The van der Waals surface area contributed by atoms with E-state index in [9.17, 15) is 4.79 Å². The van der Waals surface area contributed by atoms with Gasteiger partial charge < -0.3 is 5.32 Å². The second-order valence-electron chi connectivity index (χ2n) is 6.45. The van der Waals surface area contributed by atoms with Crippen molar-refractivity contribution in [2.24, 2.45) is 5.10 Å². The first-order valence-electron chi connectivity index (χ1n) is 9.26. The number of carbonyl (C=O) groups is 1. The molecule has 31 heavy (non-hydrogen) atoms. The third-order valence-electron chi connectivity index (χ3n) is 4.25. The highest BCUT2D eigenvalue weighted by Gasteiger charge is 2.16. The summed E-state index contributed by atoms with van der Waals surface area (Å²) >= 11 is 13.1. The van der Waals surface area contributed by atoms with Gasteiger partial charge in [-0.25, -0.2) is 4.98 Å². The van der Waals surface area contributed by atoms with Crippen molar-refractivity contribution >= 4 is 56.8 Å². The third-order valence-corrected chi connectivity index (χ3v) is 5.63. The maximum atomic E-state index is 12.7. The van der Waals surface area contributed by atoms with Gasteiger partial charge in [0.15, 0.2) is 0 Å². The number of halogens is 2. The molecule has 0 fully saturated rings. The highest BCUT2D eigenvalue weighted by atomic mass is 35.5. The number of anilines is 2. The van der Waals surface area contributed by atoms with Crippen LogP contribution >= 0.6 is 34.5 Å². The quantitative estimate of drug-likeness (QED) is 0.242. The van der Waals surface area contributed by atoms with Crippen LogP contribution in [0.25, 0.3) is 11.3 Å². The van der Waals surface area contributed by atoms with E-state index in [2.05, 4.69) is 20.8 Å². The standard InChI is InChI=1S/C23H16Cl2N4OS/c24-18-10-6-15(7-11-18)14-26-29-23-27-20(16-4-2-1-3-5-16)22(31-23)28-21(30)17-8-12-19(25)13-9-17/h1-14H,(H,27,29)(H,28,30)/b26-14+. The molecule has 4 rings (SSSR count). The molecule has 2 N–H and O–H groups in total. The SMILES string of the molecule is O=C(Nc1sc(N/N=C/c2ccc(Cl)cc2)nc1-c1ccccc1)c1ccc(Cl)cc1. The van der Waals surface area contributed by atoms with Crippen LogP contribution in [-0.4, -0.2) is 17.1 Å². The third kappa shape index (κ3) is 5.49. The molecule has 0 aliphatic rings. The number of aromatic nitrogens is 1. The number of thiazole rings is 1. The highest BCUT2D eigenvalue weighted by molar-refractivity contribution is 7.20. The summed E-state index contributed by atoms with van der Waals surface area (Å²) < 4.78 is 0. The molecule has 0 spiro atoms. The van der Waals surface area contributed by atoms with E-state index in [0.29, 0.717) is 31.4 Å². The van der Waals surface area contributed by atoms with Gasteiger partial charge in [-0.2, -0.15) is 5.10 Å². The lowest BCUT2D eigenvalue weighted by molar-refractivity contribution is 0.102. The zero-order valence-electron chi connectivity index (χ0n) is 16.0. The van der Waals surface area contributed by atoms with Gasteiger partial charge in [-0.15, -0.1) is 0 Å². The van der Waals surface area contributed by atoms with Crippen LogP contribution < -0.4 is 10.7 Å². The largest absolute Gasteiger partial charge is 0.312 e. The Balaban J connectivity index is 1.57. The molecule has 1 amide bonds. The molecule has 0 saturated carbocycles. The summed E-state index contributed by atoms with van der Waals surface area (Å²) in [4.78, 5) is 17.3. The smallest absolute Gasteiger partial charge is 0.256 e. The Kier molecular flexibility index (Phi) is 6.62. The predicted octanol–water partition coefficient (Wildman–Crippen LogP) is 6.82. The van der Waals surface area contributed by atoms with Crippen LogP contribution in [0.3, 0.4) is 0 Å². The van der Waals surface area contributed by atoms with Gasteiger partial charge in [-0.1, -0.05) is 77.0 Å². The summed E-state index contributed by atoms with van der Waals surface area (Å²) in [6, 6.07) is 23.7. The fourth-order valence-corrected chi connectivity index (χ4v) is 3.82. The van der Waals surface area contributed by atoms with Gasteiger partial charge in [-0.05, 0) is 42.0 Å². The van der Waals surface area contributed by atoms with Gasteiger partial charge in [-0.3, -0.25) is 10.2 Å². The Hall–Kier alpha value is -3.19. The van der Waals surface area contributed by atoms with E-state index in [1.54, 1.807) is 42.6 Å². The van der Waals surface area contributed by atoms with Crippen molar-refractivity contribution < 1.29 is 4.79 Å². The highest BCUT2D eigenvalue weighted by Crippen LogP contribution is 2.36. The van der Waals surface area contributed by atoms with E-state index in [1.807, 2.05) is 42.5 Å². The Morgan fingerprint density at radius 1 is 0.903 bits per heavy atom. The van der Waals surface area contributed by atoms with E-state index in [0.717, 1.165) is 11.1 Å². The van der Waals surface area contributed by atoms with Crippen LogP contribution in [0.2, 0.25) is 10.0 Å². The summed E-state index contributed by atoms with van der Waals surface area (Å²) in [6.45, 7) is 0. The lowest BCUT2D eigenvalue weighted by Gasteiger charge is -2.05. The maximum absolute atomic E-state index is 12.7. The molecule has 8 heteroatoms. The first kappa shape index (κ1) is 21.1. The molecule has 0 atom stereocenters. The van der Waals surface area contributed by atoms with E-state index in [-0.39, 0.29) is 5.91 Å². The first-order chi connectivity index (χ1) is 15.1. The molecule has 0 bridgehead atoms. The van der Waals surface area contributed by atoms with Crippen LogP contribution in [0, 0.1) is 0 Å². The molecule has 1 aromatic heterocycles. The number of hydrogen-bond donors (Lipinski definition) is 2. The molecule has 0 aliphatic heterocycles. The van der Waals surface area contributed by atoms with Crippen molar-refractivity contribution in [3.63, 3.8) is 0 Å². The van der Waals surface area contributed by atoms with E-state index in [4.69, 9.17) is 23.2 Å². The van der Waals surface area contributed by atoms with E-state index >= 15 is 0 Å². The van der Waals surface area contributed by atoms with Crippen molar-refractivity contribution in [1.29, 1.82) is 0 Å². The lowest BCUT2D eigenvalue weighted by Crippen LogP contribution is -2.11. The summed E-state index contributed by atoms with van der Waals surface area (Å²) in [5.41, 5.74) is 5.89. The van der Waals surface area contributed by atoms with Crippen molar-refractivity contribution in [2.45, 2.75) is 0 Å². The fraction of sp³-hybridized carbons (Fsp3) is 0. The zero-order chi connectivity index (χ0) is 21.6.